The number of benzene rings is 1. The van der Waals surface area contributed by atoms with Gasteiger partial charge in [0.15, 0.2) is 12.4 Å². The predicted octanol–water partition coefficient (Wildman–Crippen LogP) is 0.671. The molecule has 0 atom stereocenters. The van der Waals surface area contributed by atoms with Gasteiger partial charge in [-0.05, 0) is 24.3 Å². The van der Waals surface area contributed by atoms with Gasteiger partial charge in [-0.2, -0.15) is 4.73 Å². The first-order valence-electron chi connectivity index (χ1n) is 5.46. The van der Waals surface area contributed by atoms with Gasteiger partial charge in [0.1, 0.15) is 0 Å². The Labute approximate surface area is 109 Å². The fourth-order valence-corrected chi connectivity index (χ4v) is 1.49. The molecule has 2 amide bonds. The van der Waals surface area contributed by atoms with Crippen LogP contribution in [0.2, 0.25) is 0 Å². The van der Waals surface area contributed by atoms with Crippen LogP contribution in [0.4, 0.5) is 5.69 Å². The lowest BCUT2D eigenvalue weighted by atomic mass is 10.2. The number of hydrogen-bond acceptors (Lipinski definition) is 3. The highest BCUT2D eigenvalue weighted by atomic mass is 16.5. The molecule has 19 heavy (non-hydrogen) atoms. The molecule has 0 saturated carbocycles. The largest absolute Gasteiger partial charge is 0.619 e. The Bertz CT molecular complexity index is 606. The minimum Gasteiger partial charge on any atom is -0.619 e. The molecule has 2 rings (SSSR count). The number of amides is 2. The zero-order chi connectivity index (χ0) is 13.8. The Balaban J connectivity index is 2.10. The molecule has 96 valence electrons. The van der Waals surface area contributed by atoms with Crippen molar-refractivity contribution in [3.63, 3.8) is 0 Å². The number of nitrogens with zero attached hydrogens (tertiary/aromatic N) is 1. The van der Waals surface area contributed by atoms with Crippen molar-refractivity contribution in [2.45, 2.75) is 0 Å². The molecule has 2 aromatic rings. The van der Waals surface area contributed by atoms with Gasteiger partial charge in [0.2, 0.25) is 5.91 Å². The van der Waals surface area contributed by atoms with Crippen LogP contribution in [0.15, 0.2) is 48.8 Å². The Morgan fingerprint density at radius 1 is 1.00 bits per heavy atom. The quantitative estimate of drug-likeness (QED) is 0.624. The summed E-state index contributed by atoms with van der Waals surface area (Å²) in [5, 5.41) is 13.5. The highest BCUT2D eigenvalue weighted by molar-refractivity contribution is 6.04. The minimum absolute atomic E-state index is 0.340. The average molecular weight is 257 g/mol. The van der Waals surface area contributed by atoms with Crippen LogP contribution in [0, 0.1) is 5.21 Å². The van der Waals surface area contributed by atoms with E-state index in [1.807, 2.05) is 0 Å². The van der Waals surface area contributed by atoms with Gasteiger partial charge >= 0.3 is 0 Å². The van der Waals surface area contributed by atoms with Gasteiger partial charge in [-0.1, -0.05) is 0 Å². The number of carbonyl (C=O) groups is 2. The molecule has 1 aromatic heterocycles. The third kappa shape index (κ3) is 3.06. The fraction of sp³-hybridized carbons (Fsp3) is 0. The summed E-state index contributed by atoms with van der Waals surface area (Å²) in [5.74, 6) is -0.867. The topological polar surface area (TPSA) is 99.1 Å². The molecule has 3 N–H and O–H groups in total. The minimum atomic E-state index is -0.527. The number of aromatic nitrogens is 1. The average Bonchev–Trinajstić information content (AvgIpc) is 2.40. The first-order valence-corrected chi connectivity index (χ1v) is 5.46. The van der Waals surface area contributed by atoms with Crippen LogP contribution in [-0.2, 0) is 0 Å². The summed E-state index contributed by atoms with van der Waals surface area (Å²) in [6.07, 6.45) is 2.48. The standard InChI is InChI=1S/C13H11N3O3/c14-12(17)9-1-3-11(4-2-9)15-13(18)10-5-7-16(19)8-6-10/h1-8H,(H2,14,17)(H,15,18). The molecule has 1 heterocycles. The normalized spacial score (nSPS) is 9.89. The lowest BCUT2D eigenvalue weighted by molar-refractivity contribution is -0.605. The first kappa shape index (κ1) is 12.6. The molecule has 1 aromatic carbocycles. The predicted molar refractivity (Wildman–Crippen MR) is 68.3 cm³/mol. The van der Waals surface area contributed by atoms with E-state index < -0.39 is 5.91 Å². The molecule has 6 nitrogen and oxygen atoms in total. The molecule has 6 heteroatoms. The number of rotatable bonds is 3. The number of primary amides is 1. The molecule has 0 spiro atoms. The van der Waals surface area contributed by atoms with Crippen LogP contribution in [0.25, 0.3) is 0 Å². The van der Waals surface area contributed by atoms with Crippen molar-refractivity contribution < 1.29 is 14.3 Å². The summed E-state index contributed by atoms with van der Waals surface area (Å²) in [7, 11) is 0. The van der Waals surface area contributed by atoms with E-state index in [1.165, 1.54) is 36.7 Å². The monoisotopic (exact) mass is 257 g/mol. The molecule has 0 aliphatic rings. The van der Waals surface area contributed by atoms with E-state index in [2.05, 4.69) is 5.32 Å². The van der Waals surface area contributed by atoms with E-state index >= 15 is 0 Å². The van der Waals surface area contributed by atoms with Crippen LogP contribution in [-0.4, -0.2) is 11.8 Å². The summed E-state index contributed by atoms with van der Waals surface area (Å²) in [4.78, 5) is 22.7. The molecular weight excluding hydrogens is 246 g/mol. The maximum Gasteiger partial charge on any atom is 0.256 e. The summed E-state index contributed by atoms with van der Waals surface area (Å²) < 4.78 is 0.596. The van der Waals surface area contributed by atoms with Crippen molar-refractivity contribution in [2.75, 3.05) is 5.32 Å². The van der Waals surface area contributed by atoms with E-state index in [1.54, 1.807) is 12.1 Å². The van der Waals surface area contributed by atoms with E-state index in [9.17, 15) is 14.8 Å². The zero-order valence-corrected chi connectivity index (χ0v) is 9.87. The SMILES string of the molecule is NC(=O)c1ccc(NC(=O)c2cc[n+]([O-])cc2)cc1. The molecule has 0 saturated heterocycles. The van der Waals surface area contributed by atoms with Gasteiger partial charge in [-0.15, -0.1) is 0 Å². The second-order valence-corrected chi connectivity index (χ2v) is 3.84. The first-order chi connectivity index (χ1) is 9.06. The van der Waals surface area contributed by atoms with Crippen LogP contribution in [0.5, 0.6) is 0 Å². The van der Waals surface area contributed by atoms with Gasteiger partial charge in [0.05, 0.1) is 5.56 Å². The van der Waals surface area contributed by atoms with Crippen LogP contribution in [0.3, 0.4) is 0 Å². The van der Waals surface area contributed by atoms with Crippen LogP contribution in [0.1, 0.15) is 20.7 Å². The number of hydrogen-bond donors (Lipinski definition) is 2. The van der Waals surface area contributed by atoms with Gasteiger partial charge in [-0.3, -0.25) is 9.59 Å². The van der Waals surface area contributed by atoms with Crippen LogP contribution >= 0.6 is 0 Å². The lowest BCUT2D eigenvalue weighted by Gasteiger charge is -2.05. The van der Waals surface area contributed by atoms with E-state index in [0.717, 1.165) is 0 Å². The lowest BCUT2D eigenvalue weighted by Crippen LogP contribution is -2.25. The Morgan fingerprint density at radius 2 is 1.58 bits per heavy atom. The van der Waals surface area contributed by atoms with Crippen LogP contribution < -0.4 is 15.8 Å². The van der Waals surface area contributed by atoms with E-state index in [4.69, 9.17) is 5.73 Å². The smallest absolute Gasteiger partial charge is 0.256 e. The van der Waals surface area contributed by atoms with Crippen molar-refractivity contribution in [3.05, 3.63) is 65.1 Å². The van der Waals surface area contributed by atoms with E-state index in [0.29, 0.717) is 21.5 Å². The molecule has 0 aliphatic carbocycles. The summed E-state index contributed by atoms with van der Waals surface area (Å²) in [6.45, 7) is 0. The van der Waals surface area contributed by atoms with Gasteiger partial charge < -0.3 is 16.3 Å². The maximum atomic E-state index is 11.8. The molecule has 0 radical (unpaired) electrons. The Kier molecular flexibility index (Phi) is 3.42. The van der Waals surface area contributed by atoms with Gasteiger partial charge in [0.25, 0.3) is 5.91 Å². The molecule has 0 unspecified atom stereocenters. The number of pyridine rings is 1. The van der Waals surface area contributed by atoms with Crippen molar-refractivity contribution in [1.82, 2.24) is 0 Å². The Morgan fingerprint density at radius 3 is 2.11 bits per heavy atom. The summed E-state index contributed by atoms with van der Waals surface area (Å²) >= 11 is 0. The van der Waals surface area contributed by atoms with Gasteiger partial charge in [0, 0.05) is 23.4 Å². The number of nitrogens with two attached hydrogens (primary N) is 1. The van der Waals surface area contributed by atoms with Crippen molar-refractivity contribution in [3.8, 4) is 0 Å². The van der Waals surface area contributed by atoms with Crippen molar-refractivity contribution in [1.29, 1.82) is 0 Å². The molecular formula is C13H11N3O3. The molecule has 0 bridgehead atoms. The second kappa shape index (κ2) is 5.18. The third-order valence-electron chi connectivity index (χ3n) is 2.49. The second-order valence-electron chi connectivity index (χ2n) is 3.84. The van der Waals surface area contributed by atoms with Gasteiger partial charge in [-0.25, -0.2) is 0 Å². The summed E-state index contributed by atoms with van der Waals surface area (Å²) in [6, 6.07) is 9.03. The van der Waals surface area contributed by atoms with Crippen molar-refractivity contribution >= 4 is 17.5 Å². The highest BCUT2D eigenvalue weighted by Gasteiger charge is 2.07. The highest BCUT2D eigenvalue weighted by Crippen LogP contribution is 2.10. The fourth-order valence-electron chi connectivity index (χ4n) is 1.49. The Hall–Kier alpha value is -2.89. The maximum absolute atomic E-state index is 11.8. The molecule has 0 fully saturated rings. The van der Waals surface area contributed by atoms with E-state index in [-0.39, 0.29) is 5.91 Å². The molecule has 0 aliphatic heterocycles. The summed E-state index contributed by atoms with van der Waals surface area (Å²) in [5.41, 5.74) is 6.38. The zero-order valence-electron chi connectivity index (χ0n) is 9.87. The number of nitrogens with one attached hydrogen (secondary N) is 1. The van der Waals surface area contributed by atoms with Crippen molar-refractivity contribution in [2.24, 2.45) is 5.73 Å². The third-order valence-corrected chi connectivity index (χ3v) is 2.49. The number of carbonyl (C=O) groups excluding carboxylic acids is 2. The number of anilines is 1.